The van der Waals surface area contributed by atoms with E-state index >= 15 is 0 Å². The zero-order valence-electron chi connectivity index (χ0n) is 20.1. The number of fused-ring (bicyclic) bond motifs is 2. The fourth-order valence-corrected chi connectivity index (χ4v) is 5.78. The van der Waals surface area contributed by atoms with E-state index in [-0.39, 0.29) is 24.9 Å². The number of nitrogens with one attached hydrogen (secondary N) is 1. The number of imidazole rings is 1. The summed E-state index contributed by atoms with van der Waals surface area (Å²) in [7, 11) is -0.794. The van der Waals surface area contributed by atoms with Gasteiger partial charge in [-0.1, -0.05) is 48.0 Å². The monoisotopic (exact) mass is 540 g/mol. The average Bonchev–Trinajstić information content (AvgIpc) is 3.60. The zero-order valence-corrected chi connectivity index (χ0v) is 21.7. The van der Waals surface area contributed by atoms with Gasteiger partial charge in [0.05, 0.1) is 39.2 Å². The van der Waals surface area contributed by atoms with E-state index in [2.05, 4.69) is 19.3 Å². The molecule has 0 aliphatic carbocycles. The minimum Gasteiger partial charge on any atom is -0.456 e. The summed E-state index contributed by atoms with van der Waals surface area (Å²) in [5.41, 5.74) is 4.59. The van der Waals surface area contributed by atoms with Crippen molar-refractivity contribution >= 4 is 32.5 Å². The molecular formula is C26H25ClN4O5S. The van der Waals surface area contributed by atoms with Gasteiger partial charge in [0.25, 0.3) is 6.01 Å². The highest BCUT2D eigenvalue weighted by Crippen LogP contribution is 2.33. The van der Waals surface area contributed by atoms with Crippen molar-refractivity contribution in [3.8, 4) is 28.4 Å². The fourth-order valence-electron chi connectivity index (χ4n) is 4.67. The van der Waals surface area contributed by atoms with E-state index in [1.54, 1.807) is 19.4 Å². The third-order valence-corrected chi connectivity index (χ3v) is 8.91. The van der Waals surface area contributed by atoms with E-state index in [0.29, 0.717) is 39.4 Å². The summed E-state index contributed by atoms with van der Waals surface area (Å²) in [5.74, 6) is 0. The molecular weight excluding hydrogens is 516 g/mol. The number of hydrogen-bond donors (Lipinski definition) is 2. The Morgan fingerprint density at radius 2 is 1.68 bits per heavy atom. The van der Waals surface area contributed by atoms with Crippen molar-refractivity contribution in [2.45, 2.75) is 29.3 Å². The smallest absolute Gasteiger partial charge is 0.296 e. The molecule has 0 radical (unpaired) electrons. The zero-order chi connectivity index (χ0) is 25.7. The summed E-state index contributed by atoms with van der Waals surface area (Å²) in [6, 6.07) is 17.5. The topological polar surface area (TPSA) is 119 Å². The average molecular weight is 541 g/mol. The summed E-state index contributed by atoms with van der Waals surface area (Å²) in [6.07, 6.45) is -0.104. The Bertz CT molecular complexity index is 1580. The first kappa shape index (κ1) is 24.3. The van der Waals surface area contributed by atoms with Gasteiger partial charge < -0.3 is 24.3 Å². The van der Waals surface area contributed by atoms with Crippen LogP contribution in [0.3, 0.4) is 0 Å². The maximum absolute atomic E-state index is 12.5. The predicted octanol–water partition coefficient (Wildman–Crippen LogP) is 3.94. The number of aromatic nitrogens is 3. The number of rotatable bonds is 5. The van der Waals surface area contributed by atoms with E-state index in [4.69, 9.17) is 25.8 Å². The first-order valence-corrected chi connectivity index (χ1v) is 14.1. The van der Waals surface area contributed by atoms with Crippen LogP contribution >= 0.6 is 11.6 Å². The van der Waals surface area contributed by atoms with Crippen LogP contribution in [-0.2, 0) is 19.2 Å². The normalized spacial score (nSPS) is 24.6. The summed E-state index contributed by atoms with van der Waals surface area (Å²) in [4.78, 5) is 13.0. The molecule has 2 N–H and O–H groups in total. The molecule has 0 bridgehead atoms. The minimum atomic E-state index is -2.36. The third kappa shape index (κ3) is 4.49. The summed E-state index contributed by atoms with van der Waals surface area (Å²) < 4.78 is 33.6. The van der Waals surface area contributed by atoms with Gasteiger partial charge in [-0.2, -0.15) is 4.98 Å². The van der Waals surface area contributed by atoms with Crippen LogP contribution in [0.1, 0.15) is 0 Å². The van der Waals surface area contributed by atoms with Crippen molar-refractivity contribution in [1.29, 1.82) is 0 Å². The molecule has 4 heterocycles. The molecule has 9 nitrogen and oxygen atoms in total. The Balaban J connectivity index is 1.23. The van der Waals surface area contributed by atoms with Crippen LogP contribution in [0.15, 0.2) is 63.9 Å². The van der Waals surface area contributed by atoms with E-state index < -0.39 is 15.8 Å². The highest BCUT2D eigenvalue weighted by molar-refractivity contribution is 7.93. The van der Waals surface area contributed by atoms with Gasteiger partial charge in [0.2, 0.25) is 0 Å². The number of nitrogens with zero attached hydrogens (tertiary/aromatic N) is 3. The standard InChI is InChI=1S/C26H25ClN4O5S/c1-28-37(2,33)17-9-7-15(8-10-17)14-3-5-16(6-4-14)22-18(27)11-19-25(30-22)31-26(29-19)36-21-13-35-23-20(32)12-34-24(21)23/h3-11,20-21,23-24,32H,12-13H2,1-2H3,(H,29,30,31)/t20-,21-,23?,24-,37?/m1/s1. The van der Waals surface area contributed by atoms with E-state index in [9.17, 15) is 9.32 Å². The van der Waals surface area contributed by atoms with E-state index in [1.807, 2.05) is 48.5 Å². The van der Waals surface area contributed by atoms with Gasteiger partial charge in [-0.3, -0.25) is 0 Å². The van der Waals surface area contributed by atoms with Gasteiger partial charge in [0, 0.05) is 23.8 Å². The van der Waals surface area contributed by atoms with Crippen LogP contribution in [0.2, 0.25) is 5.02 Å². The summed E-state index contributed by atoms with van der Waals surface area (Å²) >= 11 is 6.58. The molecule has 2 aromatic carbocycles. The fraction of sp³-hybridized carbons (Fsp3) is 0.308. The maximum atomic E-state index is 12.5. The van der Waals surface area contributed by atoms with Crippen LogP contribution in [0.25, 0.3) is 33.5 Å². The van der Waals surface area contributed by atoms with Gasteiger partial charge >= 0.3 is 0 Å². The van der Waals surface area contributed by atoms with Crippen molar-refractivity contribution < 1.29 is 23.5 Å². The molecule has 5 atom stereocenters. The van der Waals surface area contributed by atoms with Crippen molar-refractivity contribution in [1.82, 2.24) is 15.0 Å². The molecule has 2 saturated heterocycles. The first-order valence-electron chi connectivity index (χ1n) is 11.8. The Labute approximate surface area is 219 Å². The van der Waals surface area contributed by atoms with Crippen LogP contribution in [0.5, 0.6) is 6.01 Å². The number of aliphatic hydroxyl groups is 1. The molecule has 0 spiro atoms. The molecule has 4 aromatic rings. The summed E-state index contributed by atoms with van der Waals surface area (Å²) in [6.45, 7) is 0.540. The number of H-pyrrole nitrogens is 1. The van der Waals surface area contributed by atoms with Crippen LogP contribution in [-0.4, -0.2) is 75.2 Å². The lowest BCUT2D eigenvalue weighted by Gasteiger charge is -2.15. The molecule has 37 heavy (non-hydrogen) atoms. The molecule has 6 rings (SSSR count). The molecule has 2 aliphatic heterocycles. The van der Waals surface area contributed by atoms with Gasteiger partial charge in [-0.05, 0) is 29.3 Å². The lowest BCUT2D eigenvalue weighted by Crippen LogP contribution is -2.34. The highest BCUT2D eigenvalue weighted by atomic mass is 35.5. The molecule has 2 aromatic heterocycles. The Hall–Kier alpha value is -3.02. The van der Waals surface area contributed by atoms with Gasteiger partial charge in [0.15, 0.2) is 11.8 Å². The maximum Gasteiger partial charge on any atom is 0.296 e. The van der Waals surface area contributed by atoms with Crippen LogP contribution < -0.4 is 4.74 Å². The second-order valence-corrected chi connectivity index (χ2v) is 12.0. The van der Waals surface area contributed by atoms with E-state index in [0.717, 1.165) is 16.7 Å². The molecule has 2 aliphatic rings. The van der Waals surface area contributed by atoms with Crippen molar-refractivity contribution in [2.75, 3.05) is 26.5 Å². The van der Waals surface area contributed by atoms with Crippen molar-refractivity contribution in [3.63, 3.8) is 0 Å². The Morgan fingerprint density at radius 1 is 1.03 bits per heavy atom. The van der Waals surface area contributed by atoms with Crippen LogP contribution in [0, 0.1) is 0 Å². The number of aliphatic hydroxyl groups excluding tert-OH is 1. The number of ether oxygens (including phenoxy) is 3. The SMILES string of the molecule is CN=S(C)(=O)c1ccc(-c2ccc(-c3nc4nc(O[C@@H]5COC6[C@H](O)CO[C@@H]65)[nH]c4cc3Cl)cc2)cc1. The number of benzene rings is 2. The van der Waals surface area contributed by atoms with Crippen molar-refractivity contribution in [3.05, 3.63) is 59.6 Å². The summed E-state index contributed by atoms with van der Waals surface area (Å²) in [5, 5.41) is 10.4. The lowest BCUT2D eigenvalue weighted by molar-refractivity contribution is 0.00706. The molecule has 0 saturated carbocycles. The molecule has 11 heteroatoms. The highest BCUT2D eigenvalue weighted by Gasteiger charge is 2.48. The Kier molecular flexibility index (Phi) is 6.16. The van der Waals surface area contributed by atoms with Crippen LogP contribution in [0.4, 0.5) is 0 Å². The first-order chi connectivity index (χ1) is 17.8. The molecule has 2 fully saturated rings. The second-order valence-electron chi connectivity index (χ2n) is 9.14. The molecule has 192 valence electrons. The Morgan fingerprint density at radius 3 is 2.38 bits per heavy atom. The molecule has 2 unspecified atom stereocenters. The number of pyridine rings is 1. The largest absolute Gasteiger partial charge is 0.456 e. The quantitative estimate of drug-likeness (QED) is 0.393. The number of aromatic amines is 1. The predicted molar refractivity (Wildman–Crippen MR) is 140 cm³/mol. The third-order valence-electron chi connectivity index (χ3n) is 6.78. The van der Waals surface area contributed by atoms with Crippen molar-refractivity contribution in [2.24, 2.45) is 4.36 Å². The second kappa shape index (κ2) is 9.38. The minimum absolute atomic E-state index is 0.232. The number of hydrogen-bond acceptors (Lipinski definition) is 8. The number of halogens is 1. The van der Waals surface area contributed by atoms with Gasteiger partial charge in [0.1, 0.15) is 18.3 Å². The molecule has 0 amide bonds. The van der Waals surface area contributed by atoms with Gasteiger partial charge in [-0.15, -0.1) is 0 Å². The van der Waals surface area contributed by atoms with E-state index in [1.165, 1.54) is 0 Å². The lowest BCUT2D eigenvalue weighted by atomic mass is 10.0. The van der Waals surface area contributed by atoms with Gasteiger partial charge in [-0.25, -0.2) is 13.6 Å².